The lowest BCUT2D eigenvalue weighted by molar-refractivity contribution is -0.145. The zero-order chi connectivity index (χ0) is 35.5. The number of ketones is 1. The van der Waals surface area contributed by atoms with Crippen molar-refractivity contribution in [3.63, 3.8) is 0 Å². The van der Waals surface area contributed by atoms with Crippen LogP contribution >= 0.6 is 11.6 Å². The number of nitrogens with zero attached hydrogens (tertiary/aromatic N) is 2. The number of amides is 5. The van der Waals surface area contributed by atoms with Crippen molar-refractivity contribution >= 4 is 52.6 Å². The van der Waals surface area contributed by atoms with Crippen LogP contribution < -0.4 is 20.9 Å². The van der Waals surface area contributed by atoms with E-state index in [0.717, 1.165) is 38.5 Å². The van der Waals surface area contributed by atoms with Crippen LogP contribution in [0.25, 0.3) is 0 Å². The number of hydrogen-bond donors (Lipinski definition) is 3. The van der Waals surface area contributed by atoms with Gasteiger partial charge in [-0.1, -0.05) is 71.0 Å². The van der Waals surface area contributed by atoms with Gasteiger partial charge in [0.15, 0.2) is 0 Å². The highest BCUT2D eigenvalue weighted by Crippen LogP contribution is 2.45. The number of carbonyl (C=O) groups is 6. The second-order valence-corrected chi connectivity index (χ2v) is 16.3. The highest BCUT2D eigenvalue weighted by molar-refractivity contribution is 6.38. The lowest BCUT2D eigenvalue weighted by Crippen LogP contribution is -2.59. The van der Waals surface area contributed by atoms with Crippen LogP contribution in [0.4, 0.5) is 5.69 Å². The first kappa shape index (κ1) is 36.8. The van der Waals surface area contributed by atoms with Crippen LogP contribution in [0.2, 0.25) is 5.02 Å². The molecule has 11 nitrogen and oxygen atoms in total. The minimum Gasteiger partial charge on any atom is -0.347 e. The maximum absolute atomic E-state index is 14.6. The third-order valence-corrected chi connectivity index (χ3v) is 10.7. The minimum atomic E-state index is -1.05. The van der Waals surface area contributed by atoms with Crippen molar-refractivity contribution in [3.8, 4) is 0 Å². The summed E-state index contributed by atoms with van der Waals surface area (Å²) in [5, 5.41) is 9.04. The Labute approximate surface area is 294 Å². The number of halogens is 1. The molecule has 5 amide bonds. The van der Waals surface area contributed by atoms with Crippen LogP contribution in [0.15, 0.2) is 24.3 Å². The number of carbonyl (C=O) groups excluding carboxylic acids is 6. The first-order valence-electron chi connectivity index (χ1n) is 18.0. The fourth-order valence-electron chi connectivity index (χ4n) is 7.70. The summed E-state index contributed by atoms with van der Waals surface area (Å²) in [5.74, 6) is -2.42. The summed E-state index contributed by atoms with van der Waals surface area (Å²) in [6.45, 7) is 7.90. The van der Waals surface area contributed by atoms with E-state index in [4.69, 9.17) is 11.6 Å². The number of nitrogens with one attached hydrogen (secondary N) is 3. The van der Waals surface area contributed by atoms with Gasteiger partial charge in [-0.25, -0.2) is 0 Å². The highest BCUT2D eigenvalue weighted by atomic mass is 35.5. The molecule has 2 heterocycles. The second kappa shape index (κ2) is 15.2. The van der Waals surface area contributed by atoms with Gasteiger partial charge in [0.05, 0.1) is 6.04 Å². The maximum Gasteiger partial charge on any atom is 0.289 e. The van der Waals surface area contributed by atoms with Crippen molar-refractivity contribution in [3.05, 3.63) is 29.3 Å². The number of anilines is 1. The van der Waals surface area contributed by atoms with Crippen LogP contribution in [-0.2, 0) is 28.8 Å². The van der Waals surface area contributed by atoms with Gasteiger partial charge in [-0.15, -0.1) is 0 Å². The molecular formula is C37H52ClN5O6. The van der Waals surface area contributed by atoms with Crippen molar-refractivity contribution in [2.75, 3.05) is 18.0 Å². The standard InChI is InChI=1S/C37H52ClN5O6/c1-5-10-27(31(46)34(48)39-25-15-16-25)40-33(47)28-19-37(20-30(45)42(21-37)26-14-9-13-24(38)18-26)22-43(28)35(49)32(36(2,3)4)41-29(44)17-23-11-7-6-8-12-23/h9,13-14,18,23,25,27-28,32H,5-8,10-12,15-17,19-22H2,1-4H3,(H,39,48)(H,40,47)(H,41,44)/t27-,28-,32+,37+/m0/s1. The van der Waals surface area contributed by atoms with Gasteiger partial charge in [-0.05, 0) is 68.1 Å². The molecule has 1 aromatic rings. The average molecular weight is 698 g/mol. The molecule has 5 rings (SSSR count). The van der Waals surface area contributed by atoms with E-state index < -0.39 is 52.5 Å². The highest BCUT2D eigenvalue weighted by Gasteiger charge is 2.56. The number of rotatable bonds is 12. The van der Waals surface area contributed by atoms with Crippen molar-refractivity contribution in [1.82, 2.24) is 20.9 Å². The van der Waals surface area contributed by atoms with E-state index in [2.05, 4.69) is 16.0 Å². The molecule has 0 radical (unpaired) electrons. The molecule has 0 unspecified atom stereocenters. The van der Waals surface area contributed by atoms with E-state index in [1.807, 2.05) is 27.7 Å². The molecule has 4 aliphatic rings. The molecular weight excluding hydrogens is 646 g/mol. The second-order valence-electron chi connectivity index (χ2n) is 15.9. The van der Waals surface area contributed by atoms with Crippen LogP contribution in [0.3, 0.4) is 0 Å². The van der Waals surface area contributed by atoms with Gasteiger partial charge in [-0.2, -0.15) is 0 Å². The molecule has 49 heavy (non-hydrogen) atoms. The number of likely N-dealkylation sites (tertiary alicyclic amines) is 1. The van der Waals surface area contributed by atoms with Crippen molar-refractivity contribution in [1.29, 1.82) is 0 Å². The summed E-state index contributed by atoms with van der Waals surface area (Å²) >= 11 is 6.25. The van der Waals surface area contributed by atoms with E-state index >= 15 is 0 Å². The Balaban J connectivity index is 1.40. The number of Topliss-reactive ketones (excluding diaryl/α,β-unsaturated/α-hetero) is 1. The zero-order valence-corrected chi connectivity index (χ0v) is 30.1. The van der Waals surface area contributed by atoms with Gasteiger partial charge in [0, 0.05) is 48.1 Å². The molecule has 4 atom stereocenters. The van der Waals surface area contributed by atoms with Crippen molar-refractivity contribution < 1.29 is 28.8 Å². The quantitative estimate of drug-likeness (QED) is 0.278. The molecule has 4 fully saturated rings. The molecule has 2 saturated heterocycles. The molecule has 2 aliphatic heterocycles. The van der Waals surface area contributed by atoms with E-state index in [1.165, 1.54) is 11.3 Å². The maximum atomic E-state index is 14.6. The first-order chi connectivity index (χ1) is 23.2. The van der Waals surface area contributed by atoms with Crippen LogP contribution in [0.5, 0.6) is 0 Å². The van der Waals surface area contributed by atoms with Crippen molar-refractivity contribution in [2.24, 2.45) is 16.7 Å². The topological polar surface area (TPSA) is 145 Å². The molecule has 12 heteroatoms. The monoisotopic (exact) mass is 697 g/mol. The first-order valence-corrected chi connectivity index (χ1v) is 18.4. The summed E-state index contributed by atoms with van der Waals surface area (Å²) in [5.41, 5.74) is -0.798. The van der Waals surface area contributed by atoms with E-state index in [-0.39, 0.29) is 56.1 Å². The number of benzene rings is 1. The predicted molar refractivity (Wildman–Crippen MR) is 187 cm³/mol. The van der Waals surface area contributed by atoms with Gasteiger partial charge in [0.2, 0.25) is 29.4 Å². The number of hydrogen-bond acceptors (Lipinski definition) is 6. The summed E-state index contributed by atoms with van der Waals surface area (Å²) in [7, 11) is 0. The fourth-order valence-corrected chi connectivity index (χ4v) is 7.88. The SMILES string of the molecule is CCC[C@H](NC(=O)[C@@H]1C[C@]2(CC(=O)N(c3cccc(Cl)c3)C2)CN1C(=O)[C@@H](NC(=O)CC1CCCCC1)C(C)(C)C)C(=O)C(=O)NC1CC1. The molecule has 0 aromatic heterocycles. The normalized spacial score (nSPS) is 24.1. The predicted octanol–water partition coefficient (Wildman–Crippen LogP) is 4.30. The van der Waals surface area contributed by atoms with E-state index in [0.29, 0.717) is 23.6 Å². The molecule has 3 N–H and O–H groups in total. The lowest BCUT2D eigenvalue weighted by atomic mass is 9.84. The van der Waals surface area contributed by atoms with Gasteiger partial charge in [0.25, 0.3) is 5.91 Å². The third kappa shape index (κ3) is 9.01. The smallest absolute Gasteiger partial charge is 0.289 e. The molecule has 2 aliphatic carbocycles. The third-order valence-electron chi connectivity index (χ3n) is 10.5. The Morgan fingerprint density at radius 2 is 1.71 bits per heavy atom. The van der Waals surface area contributed by atoms with Crippen LogP contribution in [0.1, 0.15) is 105 Å². The molecule has 2 saturated carbocycles. The Morgan fingerprint density at radius 1 is 1.00 bits per heavy atom. The molecule has 0 bridgehead atoms. The summed E-state index contributed by atoms with van der Waals surface area (Å²) in [4.78, 5) is 84.7. The Kier molecular flexibility index (Phi) is 11.4. The van der Waals surface area contributed by atoms with Gasteiger partial charge in [-0.3, -0.25) is 28.8 Å². The minimum absolute atomic E-state index is 0.0118. The van der Waals surface area contributed by atoms with Gasteiger partial charge in [0.1, 0.15) is 12.1 Å². The summed E-state index contributed by atoms with van der Waals surface area (Å²) in [6.07, 6.45) is 8.45. The van der Waals surface area contributed by atoms with Crippen LogP contribution in [-0.4, -0.2) is 77.5 Å². The summed E-state index contributed by atoms with van der Waals surface area (Å²) in [6, 6.07) is 4.01. The molecule has 1 spiro atoms. The van der Waals surface area contributed by atoms with Gasteiger partial charge >= 0.3 is 0 Å². The zero-order valence-electron chi connectivity index (χ0n) is 29.3. The van der Waals surface area contributed by atoms with Crippen LogP contribution in [0, 0.1) is 16.7 Å². The average Bonchev–Trinajstić information content (AvgIpc) is 3.70. The fraction of sp³-hybridized carbons (Fsp3) is 0.676. The van der Waals surface area contributed by atoms with Crippen molar-refractivity contribution in [2.45, 2.75) is 129 Å². The molecule has 1 aromatic carbocycles. The Bertz CT molecular complexity index is 1450. The van der Waals surface area contributed by atoms with E-state index in [9.17, 15) is 28.8 Å². The Hall–Kier alpha value is -3.47. The van der Waals surface area contributed by atoms with E-state index in [1.54, 1.807) is 29.2 Å². The van der Waals surface area contributed by atoms with Gasteiger partial charge < -0.3 is 25.8 Å². The molecule has 268 valence electrons. The summed E-state index contributed by atoms with van der Waals surface area (Å²) < 4.78 is 0. The lowest BCUT2D eigenvalue weighted by Gasteiger charge is -2.36. The largest absolute Gasteiger partial charge is 0.347 e. The Morgan fingerprint density at radius 3 is 2.35 bits per heavy atom.